The number of hydrogen-bond acceptors (Lipinski definition) is 4. The average molecular weight is 544 g/mol. The Balaban J connectivity index is 1.42. The van der Waals surface area contributed by atoms with E-state index in [-0.39, 0.29) is 18.7 Å². The van der Waals surface area contributed by atoms with E-state index in [4.69, 9.17) is 4.74 Å². The smallest absolute Gasteiger partial charge is 0.247 e. The highest BCUT2D eigenvalue weighted by Crippen LogP contribution is 2.49. The molecule has 1 spiro atoms. The Morgan fingerprint density at radius 2 is 1.77 bits per heavy atom. The molecule has 40 heavy (non-hydrogen) atoms. The number of amides is 3. The van der Waals surface area contributed by atoms with E-state index in [0.717, 1.165) is 5.56 Å². The fourth-order valence-electron chi connectivity index (χ4n) is 5.91. The average Bonchev–Trinajstić information content (AvgIpc) is 3.51. The Morgan fingerprint density at radius 3 is 2.50 bits per heavy atom. The summed E-state index contributed by atoms with van der Waals surface area (Å²) in [5, 5.41) is 5.78. The standard InChI is InChI=1S/C31H27F2N3O4/c1-18-6-12-22(13-7-18)35-28(37)25-24-14-15-31(40-24)17-34-29(38)27(19-8-10-21(32)11-9-19)36(30(39)26(25)31)16-20-4-2-3-5-23(20)33/h2-15,24-27H,16-17H2,1H3,(H,34,38)(H,35,37)/t24-,25-,26+,27-,31+/m1/s1. The lowest BCUT2D eigenvalue weighted by Gasteiger charge is -2.42. The van der Waals surface area contributed by atoms with E-state index in [1.807, 2.05) is 19.1 Å². The monoisotopic (exact) mass is 543 g/mol. The van der Waals surface area contributed by atoms with Crippen molar-refractivity contribution in [2.45, 2.75) is 31.2 Å². The molecule has 2 fully saturated rings. The van der Waals surface area contributed by atoms with E-state index in [9.17, 15) is 23.2 Å². The third-order valence-corrected chi connectivity index (χ3v) is 7.92. The van der Waals surface area contributed by atoms with Crippen molar-refractivity contribution in [1.29, 1.82) is 0 Å². The van der Waals surface area contributed by atoms with Crippen LogP contribution in [0.4, 0.5) is 14.5 Å². The van der Waals surface area contributed by atoms with Crippen LogP contribution >= 0.6 is 0 Å². The topological polar surface area (TPSA) is 87.7 Å². The van der Waals surface area contributed by atoms with Crippen molar-refractivity contribution in [2.24, 2.45) is 11.8 Å². The summed E-state index contributed by atoms with van der Waals surface area (Å²) in [5.41, 5.74) is 0.930. The molecule has 0 aliphatic carbocycles. The Morgan fingerprint density at radius 1 is 1.05 bits per heavy atom. The Hall–Kier alpha value is -4.37. The third kappa shape index (κ3) is 4.46. The van der Waals surface area contributed by atoms with Crippen LogP contribution in [0.25, 0.3) is 0 Å². The van der Waals surface area contributed by atoms with Gasteiger partial charge in [-0.15, -0.1) is 0 Å². The number of benzene rings is 3. The summed E-state index contributed by atoms with van der Waals surface area (Å²) >= 11 is 0. The van der Waals surface area contributed by atoms with E-state index in [1.54, 1.807) is 30.4 Å². The molecule has 3 aliphatic rings. The number of hydrogen-bond donors (Lipinski definition) is 2. The van der Waals surface area contributed by atoms with Crippen molar-refractivity contribution >= 4 is 23.4 Å². The number of carbonyl (C=O) groups excluding carboxylic acids is 3. The maximum absolute atomic E-state index is 14.8. The van der Waals surface area contributed by atoms with Crippen molar-refractivity contribution < 1.29 is 27.9 Å². The lowest BCUT2D eigenvalue weighted by atomic mass is 9.73. The van der Waals surface area contributed by atoms with Crippen molar-refractivity contribution in [1.82, 2.24) is 10.2 Å². The second kappa shape index (κ2) is 9.98. The number of carbonyl (C=O) groups is 3. The molecule has 0 radical (unpaired) electrons. The van der Waals surface area contributed by atoms with Gasteiger partial charge in [0.25, 0.3) is 0 Å². The fraction of sp³-hybridized carbons (Fsp3) is 0.258. The molecule has 2 saturated heterocycles. The van der Waals surface area contributed by atoms with Gasteiger partial charge in [0.2, 0.25) is 17.7 Å². The molecule has 9 heteroatoms. The highest BCUT2D eigenvalue weighted by atomic mass is 19.1. The quantitative estimate of drug-likeness (QED) is 0.476. The van der Waals surface area contributed by atoms with Gasteiger partial charge in [-0.05, 0) is 42.8 Å². The molecule has 5 atom stereocenters. The molecule has 3 aliphatic heterocycles. The second-order valence-corrected chi connectivity index (χ2v) is 10.5. The minimum atomic E-state index is -1.24. The zero-order valence-electron chi connectivity index (χ0n) is 21.6. The van der Waals surface area contributed by atoms with Gasteiger partial charge in [0, 0.05) is 17.8 Å². The van der Waals surface area contributed by atoms with Crippen molar-refractivity contribution in [2.75, 3.05) is 11.9 Å². The van der Waals surface area contributed by atoms with Crippen LogP contribution in [0.5, 0.6) is 0 Å². The summed E-state index contributed by atoms with van der Waals surface area (Å²) in [7, 11) is 0. The zero-order chi connectivity index (χ0) is 28.0. The van der Waals surface area contributed by atoms with E-state index in [1.165, 1.54) is 47.4 Å². The van der Waals surface area contributed by atoms with Gasteiger partial charge >= 0.3 is 0 Å². The van der Waals surface area contributed by atoms with Crippen LogP contribution < -0.4 is 10.6 Å². The molecule has 2 N–H and O–H groups in total. The Bertz CT molecular complexity index is 1510. The molecule has 0 aromatic heterocycles. The van der Waals surface area contributed by atoms with Gasteiger partial charge in [0.1, 0.15) is 23.3 Å². The van der Waals surface area contributed by atoms with Crippen LogP contribution in [0.15, 0.2) is 84.9 Å². The van der Waals surface area contributed by atoms with Crippen LogP contribution in [0.3, 0.4) is 0 Å². The third-order valence-electron chi connectivity index (χ3n) is 7.92. The maximum atomic E-state index is 14.8. The molecule has 2 bridgehead atoms. The predicted octanol–water partition coefficient (Wildman–Crippen LogP) is 4.05. The Kier molecular flexibility index (Phi) is 6.46. The van der Waals surface area contributed by atoms with Gasteiger partial charge in [-0.1, -0.05) is 60.2 Å². The number of aryl methyl sites for hydroxylation is 1. The highest BCUT2D eigenvalue weighted by Gasteiger charge is 2.64. The zero-order valence-corrected chi connectivity index (χ0v) is 21.6. The van der Waals surface area contributed by atoms with Crippen molar-refractivity contribution in [3.8, 4) is 0 Å². The minimum Gasteiger partial charge on any atom is -0.360 e. The number of rotatable bonds is 5. The predicted molar refractivity (Wildman–Crippen MR) is 143 cm³/mol. The summed E-state index contributed by atoms with van der Waals surface area (Å²) in [6.07, 6.45) is 2.79. The summed E-state index contributed by atoms with van der Waals surface area (Å²) in [4.78, 5) is 43.1. The lowest BCUT2D eigenvalue weighted by molar-refractivity contribution is -0.153. The molecule has 204 valence electrons. The van der Waals surface area contributed by atoms with Gasteiger partial charge in [0.05, 0.1) is 24.5 Å². The Labute approximate surface area is 229 Å². The van der Waals surface area contributed by atoms with Gasteiger partial charge < -0.3 is 20.3 Å². The maximum Gasteiger partial charge on any atom is 0.247 e. The van der Waals surface area contributed by atoms with Crippen LogP contribution in [0, 0.1) is 30.4 Å². The molecule has 3 aromatic rings. The van der Waals surface area contributed by atoms with Crippen molar-refractivity contribution in [3.63, 3.8) is 0 Å². The van der Waals surface area contributed by atoms with Crippen LogP contribution in [-0.4, -0.2) is 40.9 Å². The number of nitrogens with zero attached hydrogens (tertiary/aromatic N) is 1. The number of nitrogens with one attached hydrogen (secondary N) is 2. The molecular weight excluding hydrogens is 516 g/mol. The van der Waals surface area contributed by atoms with Crippen LogP contribution in [0.1, 0.15) is 22.7 Å². The second-order valence-electron chi connectivity index (χ2n) is 10.5. The van der Waals surface area contributed by atoms with Gasteiger partial charge in [0.15, 0.2) is 0 Å². The van der Waals surface area contributed by atoms with Crippen molar-refractivity contribution in [3.05, 3.63) is 113 Å². The largest absolute Gasteiger partial charge is 0.360 e. The first-order chi connectivity index (χ1) is 19.3. The van der Waals surface area contributed by atoms with Crippen LogP contribution in [-0.2, 0) is 25.7 Å². The fourth-order valence-corrected chi connectivity index (χ4v) is 5.91. The van der Waals surface area contributed by atoms with E-state index < -0.39 is 58.9 Å². The summed E-state index contributed by atoms with van der Waals surface area (Å²) in [5.74, 6) is -4.37. The molecule has 0 unspecified atom stereocenters. The van der Waals surface area contributed by atoms with E-state index in [2.05, 4.69) is 10.6 Å². The molecule has 6 rings (SSSR count). The first kappa shape index (κ1) is 25.9. The molecular formula is C31H27F2N3O4. The first-order valence-electron chi connectivity index (χ1n) is 13.1. The highest BCUT2D eigenvalue weighted by molar-refractivity contribution is 6.00. The summed E-state index contributed by atoms with van der Waals surface area (Å²) in [6.45, 7) is 1.66. The molecule has 7 nitrogen and oxygen atoms in total. The SMILES string of the molecule is Cc1ccc(NC(=O)[C@H]2[C@H]3C(=O)N(Cc4ccccc4F)[C@H](c4ccc(F)cc4)C(=O)NC[C@@]34C=C[C@H]2O4)cc1. The summed E-state index contributed by atoms with van der Waals surface area (Å²) in [6, 6.07) is 17.4. The lowest BCUT2D eigenvalue weighted by Crippen LogP contribution is -2.59. The van der Waals surface area contributed by atoms with E-state index >= 15 is 0 Å². The minimum absolute atomic E-state index is 0.0330. The molecule has 3 heterocycles. The number of halogens is 2. The van der Waals surface area contributed by atoms with E-state index in [0.29, 0.717) is 11.3 Å². The first-order valence-corrected chi connectivity index (χ1v) is 13.1. The van der Waals surface area contributed by atoms with Crippen LogP contribution in [0.2, 0.25) is 0 Å². The van der Waals surface area contributed by atoms with Gasteiger partial charge in [-0.2, -0.15) is 0 Å². The molecule has 3 amide bonds. The number of ether oxygens (including phenoxy) is 1. The molecule has 3 aromatic carbocycles. The number of fused-ring (bicyclic) bond motifs is 1. The number of anilines is 1. The van der Waals surface area contributed by atoms with Gasteiger partial charge in [-0.25, -0.2) is 8.78 Å². The van der Waals surface area contributed by atoms with Gasteiger partial charge in [-0.3, -0.25) is 14.4 Å². The normalized spacial score (nSPS) is 27.1. The summed E-state index contributed by atoms with van der Waals surface area (Å²) < 4.78 is 34.9. The molecule has 0 saturated carbocycles.